The Balaban J connectivity index is 1.24. The number of benzene rings is 1. The molecule has 6 aromatic heterocycles. The van der Waals surface area contributed by atoms with Gasteiger partial charge in [-0.1, -0.05) is 30.3 Å². The smallest absolute Gasteiger partial charge is 0.159 e. The third-order valence-electron chi connectivity index (χ3n) is 6.26. The number of hydrogen-bond acceptors (Lipinski definition) is 7. The predicted molar refractivity (Wildman–Crippen MR) is 144 cm³/mol. The Hall–Kier alpha value is -5.44. The van der Waals surface area contributed by atoms with E-state index in [1.807, 2.05) is 60.7 Å². The van der Waals surface area contributed by atoms with E-state index in [1.165, 1.54) is 0 Å². The average Bonchev–Trinajstić information content (AvgIpc) is 3.61. The third-order valence-corrected chi connectivity index (χ3v) is 6.26. The first-order valence-electron chi connectivity index (χ1n) is 12.0. The first kappa shape index (κ1) is 21.8. The number of ether oxygens (including phenoxy) is 1. The highest BCUT2D eigenvalue weighted by Gasteiger charge is 2.17. The molecular formula is C29H20N8O. The summed E-state index contributed by atoms with van der Waals surface area (Å²) in [5.41, 5.74) is 7.48. The van der Waals surface area contributed by atoms with Crippen molar-refractivity contribution in [1.29, 1.82) is 0 Å². The van der Waals surface area contributed by atoms with Gasteiger partial charge in [-0.3, -0.25) is 25.0 Å². The van der Waals surface area contributed by atoms with Crippen LogP contribution in [0.5, 0.6) is 5.75 Å². The Morgan fingerprint density at radius 1 is 0.737 bits per heavy atom. The van der Waals surface area contributed by atoms with E-state index in [9.17, 15) is 0 Å². The van der Waals surface area contributed by atoms with E-state index in [-0.39, 0.29) is 0 Å². The molecule has 0 fully saturated rings. The number of fused-ring (bicyclic) bond motifs is 2. The van der Waals surface area contributed by atoms with Crippen LogP contribution in [0.3, 0.4) is 0 Å². The summed E-state index contributed by atoms with van der Waals surface area (Å²) in [6.07, 6.45) is 10.5. The van der Waals surface area contributed by atoms with E-state index < -0.39 is 0 Å². The lowest BCUT2D eigenvalue weighted by molar-refractivity contribution is 0.305. The summed E-state index contributed by atoms with van der Waals surface area (Å²) in [5.74, 6) is 1.31. The molecule has 0 bridgehead atoms. The normalized spacial score (nSPS) is 11.3. The minimum absolute atomic E-state index is 0.465. The first-order valence-corrected chi connectivity index (χ1v) is 12.0. The number of pyridine rings is 4. The van der Waals surface area contributed by atoms with E-state index >= 15 is 0 Å². The first-order chi connectivity index (χ1) is 18.8. The molecule has 6 heterocycles. The summed E-state index contributed by atoms with van der Waals surface area (Å²) in [6, 6.07) is 19.7. The van der Waals surface area contributed by atoms with Gasteiger partial charge in [0.2, 0.25) is 0 Å². The standard InChI is InChI=1S/C29H20N8O/c1-2-5-18(6-3-1)17-38-21-11-20(14-31-15-21)24-12-22-25(16-33-24)36-37-27(22)29-34-23-8-10-32-26(28(23)35-29)19-7-4-9-30-13-19/h1-16H,17H2,(H,34,35)(H,36,37). The molecule has 38 heavy (non-hydrogen) atoms. The summed E-state index contributed by atoms with van der Waals surface area (Å²) >= 11 is 0. The van der Waals surface area contributed by atoms with Crippen molar-refractivity contribution in [2.24, 2.45) is 0 Å². The second-order valence-electron chi connectivity index (χ2n) is 8.75. The fourth-order valence-corrected chi connectivity index (χ4v) is 4.40. The zero-order valence-electron chi connectivity index (χ0n) is 20.0. The van der Waals surface area contributed by atoms with Crippen molar-refractivity contribution >= 4 is 21.9 Å². The Morgan fingerprint density at radius 3 is 2.55 bits per heavy atom. The lowest BCUT2D eigenvalue weighted by Gasteiger charge is -2.08. The van der Waals surface area contributed by atoms with Crippen molar-refractivity contribution in [3.05, 3.63) is 103 Å². The van der Waals surface area contributed by atoms with E-state index in [1.54, 1.807) is 37.2 Å². The van der Waals surface area contributed by atoms with Crippen LogP contribution < -0.4 is 4.74 Å². The third kappa shape index (κ3) is 4.01. The van der Waals surface area contributed by atoms with Gasteiger partial charge in [-0.15, -0.1) is 0 Å². The maximum atomic E-state index is 5.97. The highest BCUT2D eigenvalue weighted by molar-refractivity contribution is 5.96. The minimum atomic E-state index is 0.465. The number of imidazole rings is 1. The van der Waals surface area contributed by atoms with Crippen molar-refractivity contribution in [2.75, 3.05) is 0 Å². The number of rotatable bonds is 6. The summed E-state index contributed by atoms with van der Waals surface area (Å²) in [7, 11) is 0. The molecule has 0 aliphatic heterocycles. The van der Waals surface area contributed by atoms with Crippen LogP contribution in [0.25, 0.3) is 56.0 Å². The van der Waals surface area contributed by atoms with Crippen LogP contribution >= 0.6 is 0 Å². The van der Waals surface area contributed by atoms with E-state index in [0.29, 0.717) is 23.9 Å². The van der Waals surface area contributed by atoms with Gasteiger partial charge in [0.05, 0.1) is 34.8 Å². The Morgan fingerprint density at radius 2 is 1.66 bits per heavy atom. The largest absolute Gasteiger partial charge is 0.487 e. The number of H-pyrrole nitrogens is 2. The molecule has 182 valence electrons. The topological polar surface area (TPSA) is 118 Å². The molecule has 0 aliphatic carbocycles. The van der Waals surface area contributed by atoms with Crippen molar-refractivity contribution in [3.63, 3.8) is 0 Å². The van der Waals surface area contributed by atoms with Crippen molar-refractivity contribution in [1.82, 2.24) is 40.1 Å². The van der Waals surface area contributed by atoms with Crippen LogP contribution in [0.4, 0.5) is 0 Å². The van der Waals surface area contributed by atoms with Gasteiger partial charge in [-0.05, 0) is 35.9 Å². The summed E-state index contributed by atoms with van der Waals surface area (Å²) < 4.78 is 5.97. The van der Waals surface area contributed by atoms with Crippen molar-refractivity contribution in [3.8, 4) is 39.8 Å². The second-order valence-corrected chi connectivity index (χ2v) is 8.75. The Bertz CT molecular complexity index is 1880. The van der Waals surface area contributed by atoms with Gasteiger partial charge in [0, 0.05) is 41.3 Å². The van der Waals surface area contributed by atoms with Gasteiger partial charge in [-0.25, -0.2) is 4.98 Å². The van der Waals surface area contributed by atoms with Crippen LogP contribution in [0.15, 0.2) is 97.8 Å². The van der Waals surface area contributed by atoms with Crippen molar-refractivity contribution in [2.45, 2.75) is 6.61 Å². The minimum Gasteiger partial charge on any atom is -0.487 e. The Labute approximate surface area is 216 Å². The summed E-state index contributed by atoms with van der Waals surface area (Å²) in [4.78, 5) is 26.0. The summed E-state index contributed by atoms with van der Waals surface area (Å²) in [5, 5.41) is 8.50. The van der Waals surface area contributed by atoms with Crippen LogP contribution in [-0.2, 0) is 6.61 Å². The highest BCUT2D eigenvalue weighted by atomic mass is 16.5. The van der Waals surface area contributed by atoms with E-state index in [0.717, 1.165) is 50.0 Å². The van der Waals surface area contributed by atoms with Crippen molar-refractivity contribution < 1.29 is 4.74 Å². The van der Waals surface area contributed by atoms with Crippen LogP contribution in [-0.4, -0.2) is 40.1 Å². The lowest BCUT2D eigenvalue weighted by atomic mass is 10.1. The van der Waals surface area contributed by atoms with Gasteiger partial charge in [0.1, 0.15) is 23.6 Å². The van der Waals surface area contributed by atoms with Gasteiger partial charge in [0.15, 0.2) is 5.82 Å². The molecule has 9 nitrogen and oxygen atoms in total. The van der Waals surface area contributed by atoms with Crippen LogP contribution in [0, 0.1) is 0 Å². The monoisotopic (exact) mass is 496 g/mol. The second kappa shape index (κ2) is 9.21. The molecule has 0 unspecified atom stereocenters. The Kier molecular flexibility index (Phi) is 5.29. The van der Waals surface area contributed by atoms with Gasteiger partial charge >= 0.3 is 0 Å². The molecule has 0 aliphatic rings. The molecule has 7 rings (SSSR count). The van der Waals surface area contributed by atoms with Gasteiger partial charge in [-0.2, -0.15) is 5.10 Å². The fourth-order valence-electron chi connectivity index (χ4n) is 4.40. The molecule has 0 saturated heterocycles. The van der Waals surface area contributed by atoms with Crippen LogP contribution in [0.2, 0.25) is 0 Å². The molecule has 0 radical (unpaired) electrons. The average molecular weight is 497 g/mol. The SMILES string of the molecule is c1ccc(COc2cncc(-c3cc4c(-c5nc6c(-c7cccnc7)nccc6[nH]5)n[nH]c4cn3)c2)cc1. The number of hydrogen-bond donors (Lipinski definition) is 2. The predicted octanol–water partition coefficient (Wildman–Crippen LogP) is 5.60. The van der Waals surface area contributed by atoms with E-state index in [2.05, 4.69) is 35.1 Å². The molecule has 2 N–H and O–H groups in total. The number of nitrogens with one attached hydrogen (secondary N) is 2. The number of aromatic amines is 2. The maximum Gasteiger partial charge on any atom is 0.159 e. The molecule has 0 saturated carbocycles. The number of nitrogens with zero attached hydrogens (tertiary/aromatic N) is 6. The summed E-state index contributed by atoms with van der Waals surface area (Å²) in [6.45, 7) is 0.465. The molecular weight excluding hydrogens is 476 g/mol. The molecule has 0 spiro atoms. The fraction of sp³-hybridized carbons (Fsp3) is 0.0345. The van der Waals surface area contributed by atoms with Gasteiger partial charge < -0.3 is 9.72 Å². The lowest BCUT2D eigenvalue weighted by Crippen LogP contribution is -1.96. The molecule has 9 heteroatoms. The molecule has 0 atom stereocenters. The number of aromatic nitrogens is 8. The quantitative estimate of drug-likeness (QED) is 0.308. The molecule has 1 aromatic carbocycles. The van der Waals surface area contributed by atoms with Crippen LogP contribution in [0.1, 0.15) is 5.56 Å². The molecule has 7 aromatic rings. The maximum absolute atomic E-state index is 5.97. The zero-order chi connectivity index (χ0) is 25.3. The molecule has 0 amide bonds. The highest BCUT2D eigenvalue weighted by Crippen LogP contribution is 2.31. The van der Waals surface area contributed by atoms with E-state index in [4.69, 9.17) is 9.72 Å². The van der Waals surface area contributed by atoms with Gasteiger partial charge in [0.25, 0.3) is 0 Å². The zero-order valence-corrected chi connectivity index (χ0v) is 20.0.